The van der Waals surface area contributed by atoms with Gasteiger partial charge in [-0.3, -0.25) is 14.2 Å². The number of ether oxygens (including phenoxy) is 1. The van der Waals surface area contributed by atoms with Crippen LogP contribution in [0, 0.1) is 11.8 Å². The van der Waals surface area contributed by atoms with Gasteiger partial charge >= 0.3 is 5.97 Å². The van der Waals surface area contributed by atoms with Crippen LogP contribution in [0.5, 0.6) is 0 Å². The zero-order valence-corrected chi connectivity index (χ0v) is 15.3. The molecule has 1 aliphatic carbocycles. The van der Waals surface area contributed by atoms with E-state index >= 15 is 0 Å². The summed E-state index contributed by atoms with van der Waals surface area (Å²) in [6.07, 6.45) is 6.52. The highest BCUT2D eigenvalue weighted by atomic mass is 35.5. The lowest BCUT2D eigenvalue weighted by molar-refractivity contribution is -0.146. The van der Waals surface area contributed by atoms with E-state index in [1.54, 1.807) is 35.4 Å². The van der Waals surface area contributed by atoms with Gasteiger partial charge in [0.2, 0.25) is 0 Å². The van der Waals surface area contributed by atoms with Crippen molar-refractivity contribution in [2.75, 3.05) is 13.7 Å². The fraction of sp³-hybridized carbons (Fsp3) is 0.444. The van der Waals surface area contributed by atoms with Crippen molar-refractivity contribution in [3.63, 3.8) is 0 Å². The van der Waals surface area contributed by atoms with Crippen LogP contribution in [0.1, 0.15) is 36.0 Å². The molecule has 2 aromatic rings. The molecule has 1 aliphatic rings. The van der Waals surface area contributed by atoms with E-state index in [0.29, 0.717) is 23.0 Å². The predicted molar refractivity (Wildman–Crippen MR) is 96.2 cm³/mol. The Kier molecular flexibility index (Phi) is 5.88. The quantitative estimate of drug-likeness (QED) is 0.810. The molecule has 0 radical (unpaired) electrons. The second-order valence-corrected chi connectivity index (χ2v) is 6.89. The molecule has 1 saturated carbocycles. The summed E-state index contributed by atoms with van der Waals surface area (Å²) in [4.78, 5) is 24.1. The highest BCUT2D eigenvalue weighted by Crippen LogP contribution is 2.29. The number of nitrogens with one attached hydrogen (secondary N) is 1. The summed E-state index contributed by atoms with van der Waals surface area (Å²) in [5.74, 6) is 0.00613. The standard InChI is InChI=1S/C18H21ClN4O3/c1-26-18(25)13-4-2-12(3-5-13)9-20-17(24)15-8-14(6-7-16(15)19)23-10-21-22-11-23/h6-8,10-13H,2-5,9H2,1H3,(H,20,24). The third-order valence-corrected chi connectivity index (χ3v) is 5.17. The Bertz CT molecular complexity index is 771. The lowest BCUT2D eigenvalue weighted by Crippen LogP contribution is -2.32. The molecule has 26 heavy (non-hydrogen) atoms. The molecule has 8 heteroatoms. The monoisotopic (exact) mass is 376 g/mol. The molecule has 0 atom stereocenters. The van der Waals surface area contributed by atoms with Crippen LogP contribution < -0.4 is 5.32 Å². The average molecular weight is 377 g/mol. The van der Waals surface area contributed by atoms with Gasteiger partial charge in [-0.1, -0.05) is 11.6 Å². The van der Waals surface area contributed by atoms with Crippen molar-refractivity contribution in [3.05, 3.63) is 41.4 Å². The topological polar surface area (TPSA) is 86.1 Å². The first-order valence-corrected chi connectivity index (χ1v) is 8.97. The largest absolute Gasteiger partial charge is 0.469 e. The lowest BCUT2D eigenvalue weighted by atomic mass is 9.82. The first-order chi connectivity index (χ1) is 12.6. The van der Waals surface area contributed by atoms with E-state index in [1.807, 2.05) is 0 Å². The van der Waals surface area contributed by atoms with Gasteiger partial charge < -0.3 is 10.1 Å². The van der Waals surface area contributed by atoms with Crippen molar-refractivity contribution in [3.8, 4) is 5.69 Å². The predicted octanol–water partition coefficient (Wildman–Crippen LogP) is 2.63. The van der Waals surface area contributed by atoms with E-state index < -0.39 is 0 Å². The Morgan fingerprint density at radius 3 is 2.58 bits per heavy atom. The molecule has 0 bridgehead atoms. The summed E-state index contributed by atoms with van der Waals surface area (Å²) in [5.41, 5.74) is 1.18. The van der Waals surface area contributed by atoms with Crippen LogP contribution in [0.15, 0.2) is 30.9 Å². The Balaban J connectivity index is 1.57. The van der Waals surface area contributed by atoms with E-state index in [-0.39, 0.29) is 17.8 Å². The molecule has 7 nitrogen and oxygen atoms in total. The average Bonchev–Trinajstić information content (AvgIpc) is 3.21. The Morgan fingerprint density at radius 1 is 1.23 bits per heavy atom. The molecule has 3 rings (SSSR count). The van der Waals surface area contributed by atoms with Crippen molar-refractivity contribution < 1.29 is 14.3 Å². The number of aromatic nitrogens is 3. The number of amides is 1. The Morgan fingerprint density at radius 2 is 1.92 bits per heavy atom. The zero-order chi connectivity index (χ0) is 18.5. The van der Waals surface area contributed by atoms with Crippen molar-refractivity contribution in [1.82, 2.24) is 20.1 Å². The third kappa shape index (κ3) is 4.22. The number of esters is 1. The zero-order valence-electron chi connectivity index (χ0n) is 14.5. The Hall–Kier alpha value is -2.41. The fourth-order valence-electron chi connectivity index (χ4n) is 3.28. The number of carbonyl (C=O) groups is 2. The molecule has 0 saturated heterocycles. The molecular formula is C18H21ClN4O3. The van der Waals surface area contributed by atoms with Crippen molar-refractivity contribution in [2.24, 2.45) is 11.8 Å². The number of benzene rings is 1. The molecular weight excluding hydrogens is 356 g/mol. The van der Waals surface area contributed by atoms with Crippen LogP contribution in [0.2, 0.25) is 5.02 Å². The van der Waals surface area contributed by atoms with Crippen molar-refractivity contribution in [1.29, 1.82) is 0 Å². The highest BCUT2D eigenvalue weighted by Gasteiger charge is 2.27. The molecule has 1 fully saturated rings. The number of hydrogen-bond donors (Lipinski definition) is 1. The normalized spacial score (nSPS) is 19.8. The molecule has 1 aromatic carbocycles. The maximum Gasteiger partial charge on any atom is 0.308 e. The van der Waals surface area contributed by atoms with E-state index in [1.165, 1.54) is 7.11 Å². The van der Waals surface area contributed by atoms with Gasteiger partial charge in [0.15, 0.2) is 0 Å². The maximum atomic E-state index is 12.5. The minimum Gasteiger partial charge on any atom is -0.469 e. The van der Waals surface area contributed by atoms with Gasteiger partial charge in [-0.25, -0.2) is 0 Å². The van der Waals surface area contributed by atoms with Crippen molar-refractivity contribution in [2.45, 2.75) is 25.7 Å². The number of nitrogens with zero attached hydrogens (tertiary/aromatic N) is 3. The molecule has 0 aliphatic heterocycles. The molecule has 138 valence electrons. The Labute approximate surface area is 156 Å². The molecule has 0 unspecified atom stereocenters. The third-order valence-electron chi connectivity index (χ3n) is 4.84. The number of carbonyl (C=O) groups excluding carboxylic acids is 2. The number of methoxy groups -OCH3 is 1. The summed E-state index contributed by atoms with van der Waals surface area (Å²) in [6.45, 7) is 0.569. The van der Waals surface area contributed by atoms with Gasteiger partial charge in [-0.2, -0.15) is 0 Å². The molecule has 1 N–H and O–H groups in total. The van der Waals surface area contributed by atoms with Crippen LogP contribution in [0.4, 0.5) is 0 Å². The first kappa shape index (κ1) is 18.4. The highest BCUT2D eigenvalue weighted by molar-refractivity contribution is 6.33. The summed E-state index contributed by atoms with van der Waals surface area (Å²) in [5, 5.41) is 10.9. The summed E-state index contributed by atoms with van der Waals surface area (Å²) >= 11 is 6.19. The maximum absolute atomic E-state index is 12.5. The second kappa shape index (κ2) is 8.31. The van der Waals surface area contributed by atoms with Crippen LogP contribution >= 0.6 is 11.6 Å². The van der Waals surface area contributed by atoms with Gasteiger partial charge in [0.1, 0.15) is 12.7 Å². The second-order valence-electron chi connectivity index (χ2n) is 6.48. The molecule has 1 heterocycles. The molecule has 1 aromatic heterocycles. The van der Waals surface area contributed by atoms with Gasteiger partial charge in [-0.15, -0.1) is 10.2 Å². The first-order valence-electron chi connectivity index (χ1n) is 8.59. The molecule has 0 spiro atoms. The van der Waals surface area contributed by atoms with Crippen LogP contribution in [-0.2, 0) is 9.53 Å². The van der Waals surface area contributed by atoms with Crippen LogP contribution in [0.3, 0.4) is 0 Å². The number of halogens is 1. The molecule has 1 amide bonds. The minimum atomic E-state index is -0.208. The van der Waals surface area contributed by atoms with Gasteiger partial charge in [0.05, 0.1) is 23.6 Å². The SMILES string of the molecule is COC(=O)C1CCC(CNC(=O)c2cc(-n3cnnc3)ccc2Cl)CC1. The van der Waals surface area contributed by atoms with E-state index in [0.717, 1.165) is 31.4 Å². The van der Waals surface area contributed by atoms with E-state index in [4.69, 9.17) is 16.3 Å². The van der Waals surface area contributed by atoms with Crippen molar-refractivity contribution >= 4 is 23.5 Å². The van der Waals surface area contributed by atoms with Gasteiger partial charge in [-0.05, 0) is 49.8 Å². The summed E-state index contributed by atoms with van der Waals surface area (Å²) < 4.78 is 6.51. The van der Waals surface area contributed by atoms with Gasteiger partial charge in [0.25, 0.3) is 5.91 Å². The van der Waals surface area contributed by atoms with E-state index in [9.17, 15) is 9.59 Å². The fourth-order valence-corrected chi connectivity index (χ4v) is 3.49. The van der Waals surface area contributed by atoms with Gasteiger partial charge in [0, 0.05) is 12.2 Å². The number of rotatable bonds is 5. The summed E-state index contributed by atoms with van der Waals surface area (Å²) in [7, 11) is 1.42. The summed E-state index contributed by atoms with van der Waals surface area (Å²) in [6, 6.07) is 5.21. The minimum absolute atomic E-state index is 0.0122. The lowest BCUT2D eigenvalue weighted by Gasteiger charge is -2.27. The van der Waals surface area contributed by atoms with Crippen LogP contribution in [-0.4, -0.2) is 40.3 Å². The smallest absolute Gasteiger partial charge is 0.308 e. The number of hydrogen-bond acceptors (Lipinski definition) is 5. The van der Waals surface area contributed by atoms with Crippen LogP contribution in [0.25, 0.3) is 5.69 Å². The van der Waals surface area contributed by atoms with E-state index in [2.05, 4.69) is 15.5 Å².